The third-order valence-corrected chi connectivity index (χ3v) is 5.23. The van der Waals surface area contributed by atoms with E-state index in [9.17, 15) is 18.0 Å². The smallest absolute Gasteiger partial charge is 0.417 e. The van der Waals surface area contributed by atoms with Gasteiger partial charge in [-0.05, 0) is 68.1 Å². The molecule has 158 valence electrons. The molecule has 1 aliphatic carbocycles. The molecule has 0 heterocycles. The summed E-state index contributed by atoms with van der Waals surface area (Å²) in [5.41, 5.74) is -0.436. The third-order valence-electron chi connectivity index (χ3n) is 5.23. The van der Waals surface area contributed by atoms with Gasteiger partial charge in [-0.1, -0.05) is 0 Å². The molecule has 1 amide bonds. The van der Waals surface area contributed by atoms with Crippen LogP contribution in [0.15, 0.2) is 42.5 Å². The molecule has 30 heavy (non-hydrogen) atoms. The van der Waals surface area contributed by atoms with Gasteiger partial charge in [0, 0.05) is 23.3 Å². The highest BCUT2D eigenvalue weighted by Crippen LogP contribution is 2.34. The second-order valence-electron chi connectivity index (χ2n) is 7.26. The minimum Gasteiger partial charge on any atom is -0.497 e. The van der Waals surface area contributed by atoms with E-state index in [1.54, 1.807) is 37.4 Å². The molecular weight excluding hydrogens is 395 g/mol. The van der Waals surface area contributed by atoms with Crippen LogP contribution in [-0.4, -0.2) is 25.1 Å². The number of carbonyl (C=O) groups is 1. The van der Waals surface area contributed by atoms with Crippen LogP contribution in [0.25, 0.3) is 0 Å². The van der Waals surface area contributed by atoms with E-state index in [4.69, 9.17) is 10.00 Å². The Hall–Kier alpha value is -3.21. The lowest BCUT2D eigenvalue weighted by Crippen LogP contribution is -2.40. The summed E-state index contributed by atoms with van der Waals surface area (Å²) in [7, 11) is 1.56. The maximum absolute atomic E-state index is 13.1. The van der Waals surface area contributed by atoms with E-state index in [2.05, 4.69) is 10.6 Å². The maximum Gasteiger partial charge on any atom is 0.417 e. The second kappa shape index (κ2) is 9.08. The first-order valence-electron chi connectivity index (χ1n) is 9.63. The molecule has 0 unspecified atom stereocenters. The van der Waals surface area contributed by atoms with Gasteiger partial charge in [-0.2, -0.15) is 18.4 Å². The average molecular weight is 417 g/mol. The number of rotatable bonds is 5. The first-order chi connectivity index (χ1) is 14.3. The van der Waals surface area contributed by atoms with Crippen molar-refractivity contribution in [2.24, 2.45) is 0 Å². The fraction of sp³-hybridized carbons (Fsp3) is 0.364. The molecular formula is C22H22F3N3O2. The standard InChI is InChI=1S/C22H22F3N3O2/c1-30-19-10-3-14(4-11-19)21(29)28-17-8-6-16(7-9-17)27-18-5-2-15(13-26)20(12-18)22(23,24)25/h2-5,10-12,16-17,27H,6-9H2,1H3,(H,28,29)/t16-,17+. The molecule has 2 aromatic rings. The lowest BCUT2D eigenvalue weighted by atomic mass is 9.90. The summed E-state index contributed by atoms with van der Waals surface area (Å²) in [5, 5.41) is 15.0. The summed E-state index contributed by atoms with van der Waals surface area (Å²) in [6.07, 6.45) is -1.69. The number of nitriles is 1. The molecule has 1 saturated carbocycles. The van der Waals surface area contributed by atoms with Crippen LogP contribution < -0.4 is 15.4 Å². The van der Waals surface area contributed by atoms with Gasteiger partial charge in [0.05, 0.1) is 24.3 Å². The Morgan fingerprint density at radius 1 is 1.07 bits per heavy atom. The zero-order chi connectivity index (χ0) is 21.7. The summed E-state index contributed by atoms with van der Waals surface area (Å²) < 4.78 is 44.5. The molecule has 0 bridgehead atoms. The molecule has 1 fully saturated rings. The van der Waals surface area contributed by atoms with Crippen molar-refractivity contribution in [3.05, 3.63) is 59.2 Å². The first-order valence-corrected chi connectivity index (χ1v) is 9.63. The Balaban J connectivity index is 1.54. The van der Waals surface area contributed by atoms with Gasteiger partial charge in [-0.25, -0.2) is 0 Å². The zero-order valence-electron chi connectivity index (χ0n) is 16.4. The van der Waals surface area contributed by atoms with Crippen LogP contribution in [0.1, 0.15) is 47.2 Å². The minimum absolute atomic E-state index is 0.00755. The van der Waals surface area contributed by atoms with E-state index in [0.29, 0.717) is 17.0 Å². The van der Waals surface area contributed by atoms with Gasteiger partial charge in [0.25, 0.3) is 5.91 Å². The molecule has 2 aromatic carbocycles. The lowest BCUT2D eigenvalue weighted by molar-refractivity contribution is -0.137. The number of halogens is 3. The minimum atomic E-state index is -4.58. The molecule has 0 spiro atoms. The quantitative estimate of drug-likeness (QED) is 0.737. The topological polar surface area (TPSA) is 74.2 Å². The Morgan fingerprint density at radius 2 is 1.70 bits per heavy atom. The lowest BCUT2D eigenvalue weighted by Gasteiger charge is -2.30. The van der Waals surface area contributed by atoms with Crippen molar-refractivity contribution in [1.82, 2.24) is 5.32 Å². The van der Waals surface area contributed by atoms with Gasteiger partial charge < -0.3 is 15.4 Å². The number of anilines is 1. The van der Waals surface area contributed by atoms with E-state index in [0.717, 1.165) is 31.7 Å². The van der Waals surface area contributed by atoms with Crippen molar-refractivity contribution >= 4 is 11.6 Å². The molecule has 8 heteroatoms. The number of benzene rings is 2. The fourth-order valence-electron chi connectivity index (χ4n) is 3.59. The average Bonchev–Trinajstić information content (AvgIpc) is 2.74. The zero-order valence-corrected chi connectivity index (χ0v) is 16.4. The van der Waals surface area contributed by atoms with Crippen LogP contribution in [0.5, 0.6) is 5.75 Å². The van der Waals surface area contributed by atoms with Crippen molar-refractivity contribution in [2.45, 2.75) is 43.9 Å². The Kier molecular flexibility index (Phi) is 6.50. The van der Waals surface area contributed by atoms with Crippen molar-refractivity contribution < 1.29 is 22.7 Å². The number of methoxy groups -OCH3 is 1. The number of ether oxygens (including phenoxy) is 1. The molecule has 5 nitrogen and oxygen atoms in total. The highest BCUT2D eigenvalue weighted by Gasteiger charge is 2.34. The predicted octanol–water partition coefficient (Wildman–Crippen LogP) is 4.74. The van der Waals surface area contributed by atoms with Crippen LogP contribution in [-0.2, 0) is 6.18 Å². The molecule has 0 aliphatic heterocycles. The van der Waals surface area contributed by atoms with Crippen molar-refractivity contribution in [1.29, 1.82) is 5.26 Å². The molecule has 2 N–H and O–H groups in total. The normalized spacial score (nSPS) is 18.9. The number of amides is 1. The predicted molar refractivity (Wildman–Crippen MR) is 106 cm³/mol. The number of alkyl halides is 3. The van der Waals surface area contributed by atoms with Crippen LogP contribution in [0.3, 0.4) is 0 Å². The van der Waals surface area contributed by atoms with E-state index >= 15 is 0 Å². The highest BCUT2D eigenvalue weighted by molar-refractivity contribution is 5.94. The molecule has 0 radical (unpaired) electrons. The van der Waals surface area contributed by atoms with Gasteiger partial charge in [0.1, 0.15) is 5.75 Å². The van der Waals surface area contributed by atoms with E-state index in [1.165, 1.54) is 12.1 Å². The largest absolute Gasteiger partial charge is 0.497 e. The first kappa shape index (κ1) is 21.5. The maximum atomic E-state index is 13.1. The van der Waals surface area contributed by atoms with Crippen LogP contribution in [0.2, 0.25) is 0 Å². The number of hydrogen-bond donors (Lipinski definition) is 2. The molecule has 0 aromatic heterocycles. The third kappa shape index (κ3) is 5.23. The number of hydrogen-bond acceptors (Lipinski definition) is 4. The van der Waals surface area contributed by atoms with Crippen LogP contribution in [0.4, 0.5) is 18.9 Å². The van der Waals surface area contributed by atoms with Gasteiger partial charge in [-0.3, -0.25) is 4.79 Å². The van der Waals surface area contributed by atoms with Gasteiger partial charge in [0.2, 0.25) is 0 Å². The Labute approximate surface area is 172 Å². The Morgan fingerprint density at radius 3 is 2.27 bits per heavy atom. The molecule has 3 rings (SSSR count). The van der Waals surface area contributed by atoms with Crippen LogP contribution in [0, 0.1) is 11.3 Å². The van der Waals surface area contributed by atoms with E-state index < -0.39 is 17.3 Å². The Bertz CT molecular complexity index is 928. The SMILES string of the molecule is COc1ccc(C(=O)N[C@H]2CC[C@@H](Nc3ccc(C#N)c(C(F)(F)F)c3)CC2)cc1. The fourth-order valence-corrected chi connectivity index (χ4v) is 3.59. The number of nitrogens with zero attached hydrogens (tertiary/aromatic N) is 1. The summed E-state index contributed by atoms with van der Waals surface area (Å²) in [6, 6.07) is 12.1. The summed E-state index contributed by atoms with van der Waals surface area (Å²) in [5.74, 6) is 0.519. The van der Waals surface area contributed by atoms with E-state index in [1.807, 2.05) is 0 Å². The summed E-state index contributed by atoms with van der Waals surface area (Å²) in [4.78, 5) is 12.4. The van der Waals surface area contributed by atoms with Crippen molar-refractivity contribution in [3.63, 3.8) is 0 Å². The van der Waals surface area contributed by atoms with E-state index in [-0.39, 0.29) is 18.0 Å². The summed E-state index contributed by atoms with van der Waals surface area (Å²) >= 11 is 0. The van der Waals surface area contributed by atoms with Crippen molar-refractivity contribution in [2.75, 3.05) is 12.4 Å². The summed E-state index contributed by atoms with van der Waals surface area (Å²) in [6.45, 7) is 0. The highest BCUT2D eigenvalue weighted by atomic mass is 19.4. The van der Waals surface area contributed by atoms with Gasteiger partial charge in [-0.15, -0.1) is 0 Å². The monoisotopic (exact) mass is 417 g/mol. The molecule has 0 atom stereocenters. The number of nitrogens with one attached hydrogen (secondary N) is 2. The molecule has 1 aliphatic rings. The second-order valence-corrected chi connectivity index (χ2v) is 7.26. The molecule has 0 saturated heterocycles. The van der Waals surface area contributed by atoms with Gasteiger partial charge in [0.15, 0.2) is 0 Å². The number of carbonyl (C=O) groups excluding carboxylic acids is 1. The van der Waals surface area contributed by atoms with Crippen LogP contribution >= 0.6 is 0 Å². The van der Waals surface area contributed by atoms with Crippen molar-refractivity contribution in [3.8, 4) is 11.8 Å². The van der Waals surface area contributed by atoms with Gasteiger partial charge >= 0.3 is 6.18 Å².